The number of aryl methyl sites for hydroxylation is 1. The summed E-state index contributed by atoms with van der Waals surface area (Å²) in [4.78, 5) is 31.2. The smallest absolute Gasteiger partial charge is 0.290 e. The molecular weight excluding hydrogens is 545 g/mol. The Labute approximate surface area is 230 Å². The summed E-state index contributed by atoms with van der Waals surface area (Å²) in [5, 5.41) is 22.1. The second-order valence-electron chi connectivity index (χ2n) is 9.22. The van der Waals surface area contributed by atoms with Crippen LogP contribution >= 0.6 is 11.6 Å². The van der Waals surface area contributed by atoms with Crippen molar-refractivity contribution in [3.05, 3.63) is 64.9 Å². The third-order valence-corrected chi connectivity index (χ3v) is 6.93. The van der Waals surface area contributed by atoms with Gasteiger partial charge in [-0.15, -0.1) is 10.2 Å². The standard InChI is InChI=1S/C25H21ClFN9O4/c1-35-32-22(31-34-35)21-20(26)16-9-13(27)3-6-17(16)36(21)15-5-4-14(28-12-15)11-29-24(38)25(7-8-25)30-23(37)18-10-19(39-2)33-40-18/h3-6,9-10,12H,7-8,11H2,1-2H3,(H,29,38)(H,30,37). The minimum Gasteiger partial charge on any atom is -0.479 e. The molecule has 0 aliphatic heterocycles. The Morgan fingerprint density at radius 1 is 1.23 bits per heavy atom. The predicted octanol–water partition coefficient (Wildman–Crippen LogP) is 2.58. The number of pyridine rings is 1. The highest BCUT2D eigenvalue weighted by Crippen LogP contribution is 2.39. The Morgan fingerprint density at radius 3 is 2.70 bits per heavy atom. The number of aromatic nitrogens is 7. The quantitative estimate of drug-likeness (QED) is 0.289. The van der Waals surface area contributed by atoms with Crippen LogP contribution in [-0.2, 0) is 18.4 Å². The van der Waals surface area contributed by atoms with E-state index in [2.05, 4.69) is 36.2 Å². The van der Waals surface area contributed by atoms with Crippen molar-refractivity contribution in [1.29, 1.82) is 0 Å². The van der Waals surface area contributed by atoms with E-state index < -0.39 is 17.3 Å². The summed E-state index contributed by atoms with van der Waals surface area (Å²) in [5.41, 5.74) is 1.24. The molecule has 0 spiro atoms. The zero-order valence-electron chi connectivity index (χ0n) is 21.2. The normalized spacial score (nSPS) is 13.8. The van der Waals surface area contributed by atoms with Crippen LogP contribution in [0.15, 0.2) is 47.1 Å². The van der Waals surface area contributed by atoms with Crippen molar-refractivity contribution in [2.75, 3.05) is 7.11 Å². The number of ether oxygens (including phenoxy) is 1. The first-order valence-electron chi connectivity index (χ1n) is 12.1. The van der Waals surface area contributed by atoms with E-state index in [4.69, 9.17) is 20.9 Å². The minimum atomic E-state index is -1.02. The van der Waals surface area contributed by atoms with Gasteiger partial charge in [-0.05, 0) is 53.5 Å². The van der Waals surface area contributed by atoms with Crippen molar-refractivity contribution in [3.63, 3.8) is 0 Å². The van der Waals surface area contributed by atoms with Crippen LogP contribution in [0.5, 0.6) is 5.88 Å². The van der Waals surface area contributed by atoms with E-state index in [-0.39, 0.29) is 34.9 Å². The molecule has 13 nitrogen and oxygen atoms in total. The number of nitrogens with zero attached hydrogens (tertiary/aromatic N) is 7. The summed E-state index contributed by atoms with van der Waals surface area (Å²) in [6.45, 7) is 0.129. The Kier molecular flexibility index (Phi) is 6.18. The number of nitrogens with one attached hydrogen (secondary N) is 2. The molecule has 1 aliphatic carbocycles. The van der Waals surface area contributed by atoms with Gasteiger partial charge in [0.25, 0.3) is 11.8 Å². The molecule has 15 heteroatoms. The maximum Gasteiger partial charge on any atom is 0.290 e. The van der Waals surface area contributed by atoms with Gasteiger partial charge < -0.3 is 24.5 Å². The van der Waals surface area contributed by atoms with Crippen LogP contribution < -0.4 is 15.4 Å². The van der Waals surface area contributed by atoms with Crippen molar-refractivity contribution in [3.8, 4) is 23.1 Å². The summed E-state index contributed by atoms with van der Waals surface area (Å²) in [5.74, 6) is -0.946. The molecule has 2 N–H and O–H groups in total. The monoisotopic (exact) mass is 565 g/mol. The second kappa shape index (κ2) is 9.72. The number of carbonyl (C=O) groups excluding carboxylic acids is 2. The maximum absolute atomic E-state index is 14.0. The number of hydrogen-bond donors (Lipinski definition) is 2. The van der Waals surface area contributed by atoms with E-state index in [0.717, 1.165) is 0 Å². The molecule has 1 aliphatic rings. The molecule has 4 heterocycles. The van der Waals surface area contributed by atoms with Gasteiger partial charge in [-0.25, -0.2) is 4.39 Å². The van der Waals surface area contributed by atoms with Gasteiger partial charge in [-0.2, -0.15) is 4.80 Å². The van der Waals surface area contributed by atoms with Crippen molar-refractivity contribution in [2.45, 2.75) is 24.9 Å². The van der Waals surface area contributed by atoms with E-state index in [0.29, 0.717) is 40.8 Å². The van der Waals surface area contributed by atoms with Gasteiger partial charge in [0.2, 0.25) is 17.5 Å². The van der Waals surface area contributed by atoms with Gasteiger partial charge in [-0.3, -0.25) is 14.6 Å². The lowest BCUT2D eigenvalue weighted by Gasteiger charge is -2.16. The van der Waals surface area contributed by atoms with Crippen LogP contribution in [0.3, 0.4) is 0 Å². The SMILES string of the molecule is COc1cc(C(=O)NC2(C(=O)NCc3ccc(-n4c(-c5nnn(C)n5)c(Cl)c5cc(F)ccc54)cn3)CC2)on1. The molecule has 0 atom stereocenters. The van der Waals surface area contributed by atoms with Gasteiger partial charge in [0.05, 0.1) is 54.9 Å². The number of amides is 2. The summed E-state index contributed by atoms with van der Waals surface area (Å²) < 4.78 is 25.7. The van der Waals surface area contributed by atoms with Gasteiger partial charge in [0, 0.05) is 5.39 Å². The molecule has 1 aromatic carbocycles. The van der Waals surface area contributed by atoms with Gasteiger partial charge in [0.1, 0.15) is 17.1 Å². The molecule has 0 bridgehead atoms. The summed E-state index contributed by atoms with van der Waals surface area (Å²) in [6.07, 6.45) is 2.58. The number of fused-ring (bicyclic) bond motifs is 1. The van der Waals surface area contributed by atoms with E-state index >= 15 is 0 Å². The third-order valence-electron chi connectivity index (χ3n) is 6.54. The highest BCUT2D eigenvalue weighted by Gasteiger charge is 2.51. The summed E-state index contributed by atoms with van der Waals surface area (Å²) in [7, 11) is 3.03. The molecule has 0 saturated heterocycles. The number of halogens is 2. The molecule has 5 aromatic rings. The van der Waals surface area contributed by atoms with Crippen molar-refractivity contribution in [2.24, 2.45) is 7.05 Å². The number of hydrogen-bond acceptors (Lipinski definition) is 9. The van der Waals surface area contributed by atoms with Gasteiger partial charge >= 0.3 is 0 Å². The highest BCUT2D eigenvalue weighted by atomic mass is 35.5. The number of tetrazole rings is 1. The molecule has 204 valence electrons. The van der Waals surface area contributed by atoms with Crippen molar-refractivity contribution < 1.29 is 23.2 Å². The lowest BCUT2D eigenvalue weighted by atomic mass is 10.2. The maximum atomic E-state index is 14.0. The molecule has 40 heavy (non-hydrogen) atoms. The highest BCUT2D eigenvalue weighted by molar-refractivity contribution is 6.38. The van der Waals surface area contributed by atoms with Gasteiger partial charge in [0.15, 0.2) is 0 Å². The third kappa shape index (κ3) is 4.51. The number of carbonyl (C=O) groups is 2. The lowest BCUT2D eigenvalue weighted by molar-refractivity contribution is -0.124. The van der Waals surface area contributed by atoms with E-state index in [1.54, 1.807) is 36.0 Å². The molecule has 4 aromatic heterocycles. The fraction of sp³-hybridized carbons (Fsp3) is 0.240. The van der Waals surface area contributed by atoms with Crippen LogP contribution in [0.25, 0.3) is 28.1 Å². The van der Waals surface area contributed by atoms with Crippen LogP contribution in [0.4, 0.5) is 4.39 Å². The largest absolute Gasteiger partial charge is 0.479 e. The minimum absolute atomic E-state index is 0.0513. The van der Waals surface area contributed by atoms with Crippen molar-refractivity contribution in [1.82, 2.24) is 45.5 Å². The Hall–Kier alpha value is -4.85. The topological polar surface area (TPSA) is 155 Å². The molecular formula is C25H21ClFN9O4. The molecule has 6 rings (SSSR count). The second-order valence-corrected chi connectivity index (χ2v) is 9.60. The number of benzene rings is 1. The molecule has 1 saturated carbocycles. The summed E-state index contributed by atoms with van der Waals surface area (Å²) >= 11 is 6.66. The average Bonchev–Trinajstić information content (AvgIpc) is 3.25. The average molecular weight is 566 g/mol. The van der Waals surface area contributed by atoms with Crippen LogP contribution in [-0.4, -0.2) is 59.4 Å². The zero-order valence-corrected chi connectivity index (χ0v) is 21.9. The molecule has 1 fully saturated rings. The molecule has 0 radical (unpaired) electrons. The fourth-order valence-corrected chi connectivity index (χ4v) is 4.66. The predicted molar refractivity (Wildman–Crippen MR) is 138 cm³/mol. The number of methoxy groups -OCH3 is 1. The lowest BCUT2D eigenvalue weighted by Crippen LogP contribution is -2.48. The number of rotatable bonds is 8. The first-order chi connectivity index (χ1) is 19.3. The Bertz CT molecular complexity index is 1760. The first-order valence-corrected chi connectivity index (χ1v) is 12.5. The Morgan fingerprint density at radius 2 is 2.05 bits per heavy atom. The van der Waals surface area contributed by atoms with Crippen molar-refractivity contribution >= 4 is 34.3 Å². The Balaban J connectivity index is 1.20. The zero-order chi connectivity index (χ0) is 28.0. The van der Waals surface area contributed by atoms with Gasteiger partial charge in [-0.1, -0.05) is 11.6 Å². The molecule has 0 unspecified atom stereocenters. The van der Waals surface area contributed by atoms with E-state index in [1.165, 1.54) is 30.1 Å². The van der Waals surface area contributed by atoms with Crippen LogP contribution in [0.2, 0.25) is 5.02 Å². The first kappa shape index (κ1) is 25.4. The van der Waals surface area contributed by atoms with E-state index in [1.807, 2.05) is 0 Å². The van der Waals surface area contributed by atoms with Crippen LogP contribution in [0.1, 0.15) is 29.1 Å². The van der Waals surface area contributed by atoms with Crippen LogP contribution in [0, 0.1) is 5.82 Å². The summed E-state index contributed by atoms with van der Waals surface area (Å²) in [6, 6.07) is 9.18. The van der Waals surface area contributed by atoms with E-state index in [9.17, 15) is 14.0 Å². The fourth-order valence-electron chi connectivity index (χ4n) is 4.34. The molecule has 2 amide bonds.